The lowest BCUT2D eigenvalue weighted by Gasteiger charge is -2.19. The van der Waals surface area contributed by atoms with E-state index in [1.54, 1.807) is 7.05 Å². The minimum absolute atomic E-state index is 0.540. The van der Waals surface area contributed by atoms with Crippen molar-refractivity contribution in [2.24, 2.45) is 0 Å². The molecule has 2 rings (SSSR count). The van der Waals surface area contributed by atoms with Crippen LogP contribution in [0.15, 0.2) is 24.3 Å². The van der Waals surface area contributed by atoms with E-state index < -0.39 is 0 Å². The van der Waals surface area contributed by atoms with Crippen molar-refractivity contribution in [2.75, 3.05) is 35.7 Å². The number of rotatable bonds is 6. The lowest BCUT2D eigenvalue weighted by molar-refractivity contribution is 0.815. The molecule has 112 valence electrons. The predicted octanol–water partition coefficient (Wildman–Crippen LogP) is 3.11. The maximum Gasteiger partial charge on any atom is 0.233 e. The molecule has 7 heteroatoms. The summed E-state index contributed by atoms with van der Waals surface area (Å²) in [6, 6.07) is 8.07. The number of anilines is 4. The van der Waals surface area contributed by atoms with Gasteiger partial charge in [-0.05, 0) is 54.6 Å². The van der Waals surface area contributed by atoms with Gasteiger partial charge in [0.2, 0.25) is 17.8 Å². The minimum atomic E-state index is 0.540. The van der Waals surface area contributed by atoms with Crippen LogP contribution in [-0.4, -0.2) is 35.1 Å². The number of benzene rings is 1. The average Bonchev–Trinajstić information content (AvgIpc) is 2.48. The molecular weight excluding hydrogens is 379 g/mol. The summed E-state index contributed by atoms with van der Waals surface area (Å²) >= 11 is 2.28. The summed E-state index contributed by atoms with van der Waals surface area (Å²) in [5, 5.41) is 6.21. The van der Waals surface area contributed by atoms with Crippen molar-refractivity contribution in [3.63, 3.8) is 0 Å². The Balaban J connectivity index is 2.32. The van der Waals surface area contributed by atoms with Gasteiger partial charge < -0.3 is 15.5 Å². The van der Waals surface area contributed by atoms with Gasteiger partial charge in [-0.15, -0.1) is 0 Å². The maximum atomic E-state index is 4.50. The summed E-state index contributed by atoms with van der Waals surface area (Å²) in [6.07, 6.45) is 0. The Kier molecular flexibility index (Phi) is 5.54. The Bertz CT molecular complexity index is 600. The summed E-state index contributed by atoms with van der Waals surface area (Å²) < 4.78 is 1.16. The largest absolute Gasteiger partial charge is 0.357 e. The number of aromatic nitrogens is 3. The molecule has 1 aromatic carbocycles. The Morgan fingerprint density at radius 2 is 1.81 bits per heavy atom. The first-order valence-corrected chi connectivity index (χ1v) is 7.95. The van der Waals surface area contributed by atoms with Gasteiger partial charge in [0.25, 0.3) is 0 Å². The van der Waals surface area contributed by atoms with E-state index in [1.807, 2.05) is 24.3 Å². The zero-order valence-electron chi connectivity index (χ0n) is 12.4. The molecule has 21 heavy (non-hydrogen) atoms. The van der Waals surface area contributed by atoms with Crippen LogP contribution >= 0.6 is 22.6 Å². The molecule has 0 atom stereocenters. The molecule has 0 saturated heterocycles. The summed E-state index contributed by atoms with van der Waals surface area (Å²) in [4.78, 5) is 15.3. The van der Waals surface area contributed by atoms with E-state index in [0.29, 0.717) is 17.8 Å². The fourth-order valence-corrected chi connectivity index (χ4v) is 2.42. The molecule has 1 heterocycles. The molecule has 0 amide bonds. The zero-order valence-corrected chi connectivity index (χ0v) is 14.5. The summed E-state index contributed by atoms with van der Waals surface area (Å²) in [5.74, 6) is 1.77. The molecule has 0 aliphatic heterocycles. The Labute approximate surface area is 138 Å². The van der Waals surface area contributed by atoms with Crippen LogP contribution in [-0.2, 0) is 0 Å². The Hall–Kier alpha value is -1.64. The number of hydrogen-bond acceptors (Lipinski definition) is 6. The van der Waals surface area contributed by atoms with Gasteiger partial charge in [0, 0.05) is 29.4 Å². The van der Waals surface area contributed by atoms with Crippen LogP contribution in [0.3, 0.4) is 0 Å². The van der Waals surface area contributed by atoms with E-state index in [9.17, 15) is 0 Å². The van der Waals surface area contributed by atoms with Crippen LogP contribution in [0.4, 0.5) is 23.5 Å². The minimum Gasteiger partial charge on any atom is -0.357 e. The highest BCUT2D eigenvalue weighted by molar-refractivity contribution is 14.1. The molecule has 1 aromatic heterocycles. The molecule has 0 unspecified atom stereocenters. The highest BCUT2D eigenvalue weighted by Crippen LogP contribution is 2.19. The van der Waals surface area contributed by atoms with E-state index in [4.69, 9.17) is 0 Å². The van der Waals surface area contributed by atoms with Crippen LogP contribution in [0.5, 0.6) is 0 Å². The Morgan fingerprint density at radius 3 is 2.43 bits per heavy atom. The average molecular weight is 398 g/mol. The summed E-state index contributed by atoms with van der Waals surface area (Å²) in [7, 11) is 1.80. The Morgan fingerprint density at radius 1 is 1.10 bits per heavy atom. The third kappa shape index (κ3) is 4.16. The van der Waals surface area contributed by atoms with Gasteiger partial charge in [-0.2, -0.15) is 15.0 Å². The molecule has 0 saturated carbocycles. The van der Waals surface area contributed by atoms with E-state index in [1.165, 1.54) is 0 Å². The predicted molar refractivity (Wildman–Crippen MR) is 95.4 cm³/mol. The molecule has 6 nitrogen and oxygen atoms in total. The number of nitrogens with one attached hydrogen (secondary N) is 2. The molecular formula is C14H19IN6. The highest BCUT2D eigenvalue weighted by Gasteiger charge is 2.10. The first-order valence-electron chi connectivity index (χ1n) is 6.87. The SMILES string of the molecule is CCN(CC)c1nc(NC)nc(Nc2cccc(I)c2)n1. The molecule has 2 N–H and O–H groups in total. The van der Waals surface area contributed by atoms with Crippen molar-refractivity contribution in [3.8, 4) is 0 Å². The van der Waals surface area contributed by atoms with Crippen molar-refractivity contribution in [1.29, 1.82) is 0 Å². The third-order valence-corrected chi connectivity index (χ3v) is 3.65. The zero-order chi connectivity index (χ0) is 15.2. The first kappa shape index (κ1) is 15.7. The quantitative estimate of drug-likeness (QED) is 0.730. The van der Waals surface area contributed by atoms with E-state index in [0.717, 1.165) is 22.3 Å². The number of hydrogen-bond donors (Lipinski definition) is 2. The van der Waals surface area contributed by atoms with Gasteiger partial charge in [-0.3, -0.25) is 0 Å². The van der Waals surface area contributed by atoms with E-state index in [-0.39, 0.29) is 0 Å². The molecule has 2 aromatic rings. The topological polar surface area (TPSA) is 66.0 Å². The van der Waals surface area contributed by atoms with Gasteiger partial charge in [-0.1, -0.05) is 6.07 Å². The summed E-state index contributed by atoms with van der Waals surface area (Å²) in [6.45, 7) is 5.87. The second-order valence-electron chi connectivity index (χ2n) is 4.34. The fourth-order valence-electron chi connectivity index (χ4n) is 1.88. The van der Waals surface area contributed by atoms with Gasteiger partial charge in [0.15, 0.2) is 0 Å². The third-order valence-electron chi connectivity index (χ3n) is 2.97. The van der Waals surface area contributed by atoms with Crippen LogP contribution in [0.25, 0.3) is 0 Å². The summed E-state index contributed by atoms with van der Waals surface area (Å²) in [5.41, 5.74) is 0.959. The van der Waals surface area contributed by atoms with Gasteiger partial charge in [-0.25, -0.2) is 0 Å². The molecule has 0 spiro atoms. The van der Waals surface area contributed by atoms with E-state index in [2.05, 4.69) is 66.9 Å². The van der Waals surface area contributed by atoms with Gasteiger partial charge in [0.05, 0.1) is 0 Å². The lowest BCUT2D eigenvalue weighted by Crippen LogP contribution is -2.25. The second-order valence-corrected chi connectivity index (χ2v) is 5.59. The van der Waals surface area contributed by atoms with Gasteiger partial charge >= 0.3 is 0 Å². The van der Waals surface area contributed by atoms with Crippen molar-refractivity contribution in [3.05, 3.63) is 27.8 Å². The number of halogens is 1. The fraction of sp³-hybridized carbons (Fsp3) is 0.357. The van der Waals surface area contributed by atoms with Crippen LogP contribution in [0.1, 0.15) is 13.8 Å². The molecule has 0 aliphatic rings. The first-order chi connectivity index (χ1) is 10.2. The lowest BCUT2D eigenvalue weighted by atomic mass is 10.3. The molecule has 0 fully saturated rings. The second kappa shape index (κ2) is 7.39. The smallest absolute Gasteiger partial charge is 0.233 e. The molecule has 0 aliphatic carbocycles. The monoisotopic (exact) mass is 398 g/mol. The van der Waals surface area contributed by atoms with Crippen LogP contribution in [0.2, 0.25) is 0 Å². The molecule has 0 radical (unpaired) electrons. The molecule has 0 bridgehead atoms. The van der Waals surface area contributed by atoms with Crippen molar-refractivity contribution in [2.45, 2.75) is 13.8 Å². The number of nitrogens with zero attached hydrogens (tertiary/aromatic N) is 4. The van der Waals surface area contributed by atoms with Crippen molar-refractivity contribution >= 4 is 46.1 Å². The van der Waals surface area contributed by atoms with Gasteiger partial charge in [0.1, 0.15) is 0 Å². The normalized spacial score (nSPS) is 10.3. The van der Waals surface area contributed by atoms with Crippen LogP contribution in [0, 0.1) is 3.57 Å². The van der Waals surface area contributed by atoms with Crippen molar-refractivity contribution in [1.82, 2.24) is 15.0 Å². The highest BCUT2D eigenvalue weighted by atomic mass is 127. The maximum absolute atomic E-state index is 4.50. The van der Waals surface area contributed by atoms with E-state index >= 15 is 0 Å². The van der Waals surface area contributed by atoms with Crippen molar-refractivity contribution < 1.29 is 0 Å². The van der Waals surface area contributed by atoms with Crippen LogP contribution < -0.4 is 15.5 Å². The standard InChI is InChI=1S/C14H19IN6/c1-4-21(5-2)14-19-12(16-3)18-13(20-14)17-11-8-6-7-10(15)9-11/h6-9H,4-5H2,1-3H3,(H2,16,17,18,19,20).